The van der Waals surface area contributed by atoms with Gasteiger partial charge in [-0.2, -0.15) is 8.78 Å². The van der Waals surface area contributed by atoms with Gasteiger partial charge in [-0.3, -0.25) is 4.79 Å². The van der Waals surface area contributed by atoms with Crippen LogP contribution in [0.5, 0.6) is 11.5 Å². The summed E-state index contributed by atoms with van der Waals surface area (Å²) in [6.07, 6.45) is -0.0687. The molecule has 0 aliphatic rings. The molecule has 0 aliphatic heterocycles. The Kier molecular flexibility index (Phi) is 6.43. The number of benzene rings is 2. The molecule has 1 unspecified atom stereocenters. The normalized spacial score (nSPS) is 12.0. The molecule has 0 saturated carbocycles. The molecule has 0 saturated heterocycles. The maximum absolute atomic E-state index is 13.7. The van der Waals surface area contributed by atoms with Crippen LogP contribution in [0.4, 0.5) is 17.6 Å². The van der Waals surface area contributed by atoms with Crippen molar-refractivity contribution in [3.63, 3.8) is 0 Å². The molecule has 0 fully saturated rings. The van der Waals surface area contributed by atoms with Gasteiger partial charge in [0.25, 0.3) is 5.91 Å². The Morgan fingerprint density at radius 1 is 1.12 bits per heavy atom. The predicted octanol–water partition coefficient (Wildman–Crippen LogP) is 3.94. The molecule has 2 rings (SSSR count). The van der Waals surface area contributed by atoms with Crippen molar-refractivity contribution in [1.29, 1.82) is 0 Å². The fraction of sp³-hybridized carbons (Fsp3) is 0.278. The Morgan fingerprint density at radius 3 is 2.35 bits per heavy atom. The van der Waals surface area contributed by atoms with E-state index >= 15 is 0 Å². The van der Waals surface area contributed by atoms with Gasteiger partial charge in [-0.25, -0.2) is 8.78 Å². The van der Waals surface area contributed by atoms with Gasteiger partial charge < -0.3 is 14.8 Å². The van der Waals surface area contributed by atoms with Gasteiger partial charge in [0.15, 0.2) is 11.5 Å². The van der Waals surface area contributed by atoms with Crippen LogP contribution in [0.1, 0.15) is 22.8 Å². The van der Waals surface area contributed by atoms with Crippen molar-refractivity contribution in [2.45, 2.75) is 26.0 Å². The standard InChI is InChI=1S/C18H17F4NO3/c1-10(8-12-13(19)4-3-5-14(12)20)23-17(24)11-6-7-15(25-2)16(9-11)26-18(21)22/h3-7,9-10,18H,8H2,1-2H3,(H,23,24). The minimum Gasteiger partial charge on any atom is -0.493 e. The molecule has 1 atom stereocenters. The second-order valence-corrected chi connectivity index (χ2v) is 5.52. The summed E-state index contributed by atoms with van der Waals surface area (Å²) in [4.78, 5) is 12.3. The Bertz CT molecular complexity index is 763. The van der Waals surface area contributed by atoms with Crippen molar-refractivity contribution in [1.82, 2.24) is 5.32 Å². The van der Waals surface area contributed by atoms with Crippen LogP contribution >= 0.6 is 0 Å². The fourth-order valence-corrected chi connectivity index (χ4v) is 2.40. The molecular formula is C18H17F4NO3. The molecule has 26 heavy (non-hydrogen) atoms. The smallest absolute Gasteiger partial charge is 0.387 e. The summed E-state index contributed by atoms with van der Waals surface area (Å²) in [5.74, 6) is -2.26. The minimum atomic E-state index is -3.08. The van der Waals surface area contributed by atoms with Crippen LogP contribution in [0.25, 0.3) is 0 Å². The number of ether oxygens (including phenoxy) is 2. The molecule has 2 aromatic carbocycles. The first-order valence-electron chi connectivity index (χ1n) is 7.68. The third-order valence-corrected chi connectivity index (χ3v) is 3.59. The summed E-state index contributed by atoms with van der Waals surface area (Å²) >= 11 is 0. The van der Waals surface area contributed by atoms with Crippen LogP contribution < -0.4 is 14.8 Å². The van der Waals surface area contributed by atoms with Gasteiger partial charge in [0.1, 0.15) is 11.6 Å². The Morgan fingerprint density at radius 2 is 1.77 bits per heavy atom. The van der Waals surface area contributed by atoms with Gasteiger partial charge in [0.05, 0.1) is 7.11 Å². The molecule has 2 aromatic rings. The highest BCUT2D eigenvalue weighted by molar-refractivity contribution is 5.95. The van der Waals surface area contributed by atoms with E-state index in [0.29, 0.717) is 0 Å². The Balaban J connectivity index is 2.11. The zero-order valence-electron chi connectivity index (χ0n) is 14.1. The van der Waals surface area contributed by atoms with Crippen LogP contribution in [0.3, 0.4) is 0 Å². The number of methoxy groups -OCH3 is 1. The Hall–Kier alpha value is -2.77. The number of amides is 1. The van der Waals surface area contributed by atoms with E-state index in [4.69, 9.17) is 4.74 Å². The number of carbonyl (C=O) groups is 1. The van der Waals surface area contributed by atoms with Gasteiger partial charge in [0, 0.05) is 17.2 Å². The van der Waals surface area contributed by atoms with Crippen molar-refractivity contribution in [3.05, 3.63) is 59.2 Å². The van der Waals surface area contributed by atoms with Gasteiger partial charge in [-0.05, 0) is 43.7 Å². The summed E-state index contributed by atoms with van der Waals surface area (Å²) in [7, 11) is 1.28. The Labute approximate surface area is 147 Å². The number of rotatable bonds is 7. The second-order valence-electron chi connectivity index (χ2n) is 5.52. The van der Waals surface area contributed by atoms with Gasteiger partial charge in [-0.15, -0.1) is 0 Å². The number of carbonyl (C=O) groups excluding carboxylic acids is 1. The van der Waals surface area contributed by atoms with Gasteiger partial charge >= 0.3 is 6.61 Å². The van der Waals surface area contributed by atoms with Gasteiger partial charge in [-0.1, -0.05) is 6.07 Å². The van der Waals surface area contributed by atoms with Crippen molar-refractivity contribution in [2.24, 2.45) is 0 Å². The van der Waals surface area contributed by atoms with E-state index in [-0.39, 0.29) is 29.0 Å². The molecular weight excluding hydrogens is 354 g/mol. The van der Waals surface area contributed by atoms with Crippen LogP contribution in [0.15, 0.2) is 36.4 Å². The lowest BCUT2D eigenvalue weighted by atomic mass is 10.1. The zero-order valence-corrected chi connectivity index (χ0v) is 14.1. The number of halogens is 4. The maximum Gasteiger partial charge on any atom is 0.387 e. The lowest BCUT2D eigenvalue weighted by Crippen LogP contribution is -2.34. The van der Waals surface area contributed by atoms with Crippen molar-refractivity contribution < 1.29 is 31.8 Å². The fourth-order valence-electron chi connectivity index (χ4n) is 2.40. The molecule has 0 aromatic heterocycles. The molecule has 0 aliphatic carbocycles. The summed E-state index contributed by atoms with van der Waals surface area (Å²) < 4.78 is 61.5. The summed E-state index contributed by atoms with van der Waals surface area (Å²) in [5.41, 5.74) is -0.0981. The average molecular weight is 371 g/mol. The number of hydrogen-bond donors (Lipinski definition) is 1. The highest BCUT2D eigenvalue weighted by atomic mass is 19.3. The average Bonchev–Trinajstić information content (AvgIpc) is 2.57. The first-order chi connectivity index (χ1) is 12.3. The van der Waals surface area contributed by atoms with Crippen LogP contribution in [-0.4, -0.2) is 25.7 Å². The summed E-state index contributed by atoms with van der Waals surface area (Å²) in [6.45, 7) is -1.51. The molecule has 1 amide bonds. The largest absolute Gasteiger partial charge is 0.493 e. The SMILES string of the molecule is COc1ccc(C(=O)NC(C)Cc2c(F)cccc2F)cc1OC(F)F. The van der Waals surface area contributed by atoms with Gasteiger partial charge in [0.2, 0.25) is 0 Å². The van der Waals surface area contributed by atoms with Crippen molar-refractivity contribution in [3.8, 4) is 11.5 Å². The summed E-state index contributed by atoms with van der Waals surface area (Å²) in [5, 5.41) is 2.56. The van der Waals surface area contributed by atoms with E-state index < -0.39 is 30.2 Å². The minimum absolute atomic E-state index is 0.0438. The van der Waals surface area contributed by atoms with E-state index in [0.717, 1.165) is 18.2 Å². The third kappa shape index (κ3) is 4.87. The van der Waals surface area contributed by atoms with E-state index in [1.54, 1.807) is 6.92 Å². The van der Waals surface area contributed by atoms with E-state index in [1.807, 2.05) is 0 Å². The van der Waals surface area contributed by atoms with Crippen LogP contribution in [0, 0.1) is 11.6 Å². The number of hydrogen-bond acceptors (Lipinski definition) is 3. The second kappa shape index (κ2) is 8.55. The molecule has 140 valence electrons. The summed E-state index contributed by atoms with van der Waals surface area (Å²) in [6, 6.07) is 6.69. The van der Waals surface area contributed by atoms with Crippen LogP contribution in [-0.2, 0) is 6.42 Å². The third-order valence-electron chi connectivity index (χ3n) is 3.59. The van der Waals surface area contributed by atoms with Crippen molar-refractivity contribution >= 4 is 5.91 Å². The van der Waals surface area contributed by atoms with Crippen molar-refractivity contribution in [2.75, 3.05) is 7.11 Å². The molecule has 8 heteroatoms. The maximum atomic E-state index is 13.7. The molecule has 0 radical (unpaired) electrons. The van der Waals surface area contributed by atoms with E-state index in [2.05, 4.69) is 10.1 Å². The first-order valence-corrected chi connectivity index (χ1v) is 7.68. The topological polar surface area (TPSA) is 47.6 Å². The first kappa shape index (κ1) is 19.6. The highest BCUT2D eigenvalue weighted by Crippen LogP contribution is 2.29. The molecule has 1 N–H and O–H groups in total. The zero-order chi connectivity index (χ0) is 19.3. The predicted molar refractivity (Wildman–Crippen MR) is 86.6 cm³/mol. The lowest BCUT2D eigenvalue weighted by molar-refractivity contribution is -0.0512. The van der Waals surface area contributed by atoms with E-state index in [9.17, 15) is 22.4 Å². The molecule has 0 heterocycles. The lowest BCUT2D eigenvalue weighted by Gasteiger charge is -2.16. The van der Waals surface area contributed by atoms with Crippen LogP contribution in [0.2, 0.25) is 0 Å². The molecule has 0 bridgehead atoms. The highest BCUT2D eigenvalue weighted by Gasteiger charge is 2.18. The number of nitrogens with one attached hydrogen (secondary N) is 1. The molecule has 0 spiro atoms. The monoisotopic (exact) mass is 371 g/mol. The quantitative estimate of drug-likeness (QED) is 0.750. The van der Waals surface area contributed by atoms with E-state index in [1.165, 1.54) is 25.3 Å². The number of alkyl halides is 2. The molecule has 4 nitrogen and oxygen atoms in total.